The number of hydrogen-bond acceptors (Lipinski definition) is 7. The van der Waals surface area contributed by atoms with E-state index in [1.807, 2.05) is 36.4 Å². The van der Waals surface area contributed by atoms with Gasteiger partial charge in [0.15, 0.2) is 0 Å². The van der Waals surface area contributed by atoms with Crippen LogP contribution < -0.4 is 15.6 Å². The Morgan fingerprint density at radius 3 is 2.69 bits per heavy atom. The lowest BCUT2D eigenvalue weighted by atomic mass is 10.0. The fourth-order valence-electron chi connectivity index (χ4n) is 5.12. The summed E-state index contributed by atoms with van der Waals surface area (Å²) in [6, 6.07) is 14.7. The zero-order valence-electron chi connectivity index (χ0n) is 23.9. The average molecular weight is 579 g/mol. The van der Waals surface area contributed by atoms with Crippen molar-refractivity contribution in [3.63, 3.8) is 0 Å². The van der Waals surface area contributed by atoms with Crippen LogP contribution in [0.4, 0.5) is 20.2 Å². The van der Waals surface area contributed by atoms with Crippen molar-refractivity contribution in [2.75, 3.05) is 75.9 Å². The Bertz CT molecular complexity index is 1520. The largest absolute Gasteiger partial charge is 0.383 e. The molecule has 1 amide bonds. The van der Waals surface area contributed by atoms with Gasteiger partial charge in [-0.25, -0.2) is 14.2 Å². The van der Waals surface area contributed by atoms with Crippen LogP contribution in [0, 0.1) is 11.6 Å². The van der Waals surface area contributed by atoms with Gasteiger partial charge < -0.3 is 24.6 Å². The van der Waals surface area contributed by atoms with E-state index in [-0.39, 0.29) is 24.7 Å². The summed E-state index contributed by atoms with van der Waals surface area (Å²) in [5.41, 5.74) is 7.00. The number of benzene rings is 3. The molecule has 222 valence electrons. The molecule has 42 heavy (non-hydrogen) atoms. The van der Waals surface area contributed by atoms with Crippen LogP contribution in [0.5, 0.6) is 0 Å². The summed E-state index contributed by atoms with van der Waals surface area (Å²) in [6.07, 6.45) is 2.67. The van der Waals surface area contributed by atoms with Crippen LogP contribution in [0.1, 0.15) is 27.9 Å². The fourth-order valence-corrected chi connectivity index (χ4v) is 5.12. The van der Waals surface area contributed by atoms with Crippen molar-refractivity contribution in [1.29, 1.82) is 0 Å². The van der Waals surface area contributed by atoms with Gasteiger partial charge in [0.1, 0.15) is 18.4 Å². The Balaban J connectivity index is 1.35. The Hall–Kier alpha value is -4.06. The summed E-state index contributed by atoms with van der Waals surface area (Å²) in [5, 5.41) is 8.65. The number of aromatic nitrogens is 2. The van der Waals surface area contributed by atoms with E-state index in [1.165, 1.54) is 10.9 Å². The minimum atomic E-state index is -0.477. The molecule has 1 aliphatic rings. The first-order valence-corrected chi connectivity index (χ1v) is 14.0. The molecule has 2 heterocycles. The van der Waals surface area contributed by atoms with Gasteiger partial charge in [0.2, 0.25) is 0 Å². The molecular formula is C31H36F2N6O3. The molecule has 11 heteroatoms. The van der Waals surface area contributed by atoms with Gasteiger partial charge >= 0.3 is 0 Å². The Morgan fingerprint density at radius 1 is 1.05 bits per heavy atom. The van der Waals surface area contributed by atoms with Crippen molar-refractivity contribution >= 4 is 28.2 Å². The Morgan fingerprint density at radius 2 is 1.88 bits per heavy atom. The van der Waals surface area contributed by atoms with Crippen molar-refractivity contribution in [1.82, 2.24) is 14.8 Å². The second-order valence-electron chi connectivity index (χ2n) is 10.4. The predicted octanol–water partition coefficient (Wildman–Crippen LogP) is 4.46. The topological polar surface area (TPSA) is 83.9 Å². The van der Waals surface area contributed by atoms with E-state index in [4.69, 9.17) is 9.47 Å². The number of piperazine rings is 1. The molecule has 1 aromatic heterocycles. The van der Waals surface area contributed by atoms with Crippen molar-refractivity contribution in [3.8, 4) is 0 Å². The standard InChI is InChI=1S/C31H36F2N6O3/c1-37-12-14-38(15-13-37)30-26(5-3-6-28(30)34-11-4-16-42-21-41-2)31(40)36-39-29-10-7-22(18-24(29)20-35-39)17-23-19-25(32)8-9-27(23)33/h3,5-10,18-20,34H,4,11-17,21H2,1-2H3,(H,36,40). The molecule has 0 radical (unpaired) electrons. The highest BCUT2D eigenvalue weighted by Crippen LogP contribution is 2.32. The first kappa shape index (κ1) is 29.4. The van der Waals surface area contributed by atoms with Crippen LogP contribution >= 0.6 is 0 Å². The number of methoxy groups -OCH3 is 1. The second-order valence-corrected chi connectivity index (χ2v) is 10.4. The molecule has 1 saturated heterocycles. The molecule has 0 atom stereocenters. The van der Waals surface area contributed by atoms with Crippen LogP contribution in [0.15, 0.2) is 60.8 Å². The van der Waals surface area contributed by atoms with Gasteiger partial charge in [-0.2, -0.15) is 9.89 Å². The van der Waals surface area contributed by atoms with Gasteiger partial charge in [0.05, 0.1) is 35.3 Å². The highest BCUT2D eigenvalue weighted by atomic mass is 19.1. The highest BCUT2D eigenvalue weighted by molar-refractivity contribution is 6.07. The highest BCUT2D eigenvalue weighted by Gasteiger charge is 2.24. The summed E-state index contributed by atoms with van der Waals surface area (Å²) in [5.74, 6) is -1.21. The number of amides is 1. The number of halogens is 2. The summed E-state index contributed by atoms with van der Waals surface area (Å²) >= 11 is 0. The lowest BCUT2D eigenvalue weighted by Gasteiger charge is -2.36. The van der Waals surface area contributed by atoms with Gasteiger partial charge in [-0.3, -0.25) is 4.79 Å². The number of hydrogen-bond donors (Lipinski definition) is 2. The molecule has 5 rings (SSSR count). The van der Waals surface area contributed by atoms with Crippen LogP contribution in [-0.2, 0) is 15.9 Å². The predicted molar refractivity (Wildman–Crippen MR) is 160 cm³/mol. The van der Waals surface area contributed by atoms with Crippen LogP contribution in [0.2, 0.25) is 0 Å². The van der Waals surface area contributed by atoms with E-state index >= 15 is 0 Å². The maximum Gasteiger partial charge on any atom is 0.273 e. The molecule has 2 N–H and O–H groups in total. The molecule has 9 nitrogen and oxygen atoms in total. The number of ether oxygens (including phenoxy) is 2. The number of carbonyl (C=O) groups is 1. The zero-order valence-corrected chi connectivity index (χ0v) is 23.9. The molecule has 0 spiro atoms. The van der Waals surface area contributed by atoms with E-state index in [2.05, 4.69) is 32.7 Å². The number of nitrogens with one attached hydrogen (secondary N) is 2. The number of rotatable bonds is 12. The maximum atomic E-state index is 14.2. The third-order valence-corrected chi connectivity index (χ3v) is 7.32. The normalized spacial score (nSPS) is 14.0. The van der Waals surface area contributed by atoms with Gasteiger partial charge in [0.25, 0.3) is 5.91 Å². The van der Waals surface area contributed by atoms with E-state index in [9.17, 15) is 13.6 Å². The molecule has 0 saturated carbocycles. The van der Waals surface area contributed by atoms with Crippen LogP contribution in [0.25, 0.3) is 10.9 Å². The molecule has 1 fully saturated rings. The summed E-state index contributed by atoms with van der Waals surface area (Å²) in [4.78, 5) is 19.7. The fraction of sp³-hybridized carbons (Fsp3) is 0.355. The van der Waals surface area contributed by atoms with Crippen molar-refractivity contribution in [2.24, 2.45) is 0 Å². The third kappa shape index (κ3) is 7.04. The summed E-state index contributed by atoms with van der Waals surface area (Å²) < 4.78 is 38.1. The lowest BCUT2D eigenvalue weighted by Crippen LogP contribution is -2.45. The quantitative estimate of drug-likeness (QED) is 0.190. The summed E-state index contributed by atoms with van der Waals surface area (Å²) in [6.45, 7) is 4.89. The molecule has 4 aromatic rings. The van der Waals surface area contributed by atoms with Gasteiger partial charge in [-0.15, -0.1) is 0 Å². The molecule has 0 bridgehead atoms. The number of carbonyl (C=O) groups excluding carboxylic acids is 1. The molecule has 0 unspecified atom stereocenters. The Labute approximate surface area is 244 Å². The van der Waals surface area contributed by atoms with E-state index in [0.29, 0.717) is 24.2 Å². The number of fused-ring (bicyclic) bond motifs is 1. The van der Waals surface area contributed by atoms with Crippen molar-refractivity contribution < 1.29 is 23.0 Å². The SMILES string of the molecule is COCOCCCNc1cccc(C(=O)Nn2ncc3cc(Cc4cc(F)ccc4F)ccc32)c1N1CCN(C)CC1. The van der Waals surface area contributed by atoms with Crippen LogP contribution in [-0.4, -0.2) is 81.0 Å². The number of likely N-dealkylation sites (N-methyl/N-ethyl adjacent to an activating group) is 1. The van der Waals surface area contributed by atoms with Crippen molar-refractivity contribution in [2.45, 2.75) is 12.8 Å². The minimum absolute atomic E-state index is 0.240. The first-order valence-electron chi connectivity index (χ1n) is 14.0. The lowest BCUT2D eigenvalue weighted by molar-refractivity contribution is -0.0303. The second kappa shape index (κ2) is 13.7. The molecule has 1 aliphatic heterocycles. The van der Waals surface area contributed by atoms with Gasteiger partial charge in [-0.05, 0) is 67.1 Å². The maximum absolute atomic E-state index is 14.2. The Kier molecular flexibility index (Phi) is 9.63. The number of anilines is 2. The first-order chi connectivity index (χ1) is 20.4. The monoisotopic (exact) mass is 578 g/mol. The van der Waals surface area contributed by atoms with Gasteiger partial charge in [-0.1, -0.05) is 12.1 Å². The van der Waals surface area contributed by atoms with Crippen molar-refractivity contribution in [3.05, 3.63) is 89.1 Å². The van der Waals surface area contributed by atoms with Gasteiger partial charge in [0, 0.05) is 51.6 Å². The molecular weight excluding hydrogens is 542 g/mol. The van der Waals surface area contributed by atoms with E-state index < -0.39 is 11.6 Å². The van der Waals surface area contributed by atoms with Crippen LogP contribution in [0.3, 0.4) is 0 Å². The third-order valence-electron chi connectivity index (χ3n) is 7.32. The number of nitrogens with zero attached hydrogens (tertiary/aromatic N) is 4. The molecule has 3 aromatic carbocycles. The summed E-state index contributed by atoms with van der Waals surface area (Å²) in [7, 11) is 3.69. The van der Waals surface area contributed by atoms with E-state index in [1.54, 1.807) is 13.3 Å². The van der Waals surface area contributed by atoms with E-state index in [0.717, 1.165) is 67.1 Å². The average Bonchev–Trinajstić information content (AvgIpc) is 3.38. The zero-order chi connectivity index (χ0) is 29.5. The molecule has 0 aliphatic carbocycles. The minimum Gasteiger partial charge on any atom is -0.383 e. The smallest absolute Gasteiger partial charge is 0.273 e. The number of para-hydroxylation sites is 1.